The molecule has 1 N–H and O–H groups in total. The van der Waals surface area contributed by atoms with Gasteiger partial charge in [-0.3, -0.25) is 4.79 Å². The fourth-order valence-electron chi connectivity index (χ4n) is 1.50. The van der Waals surface area contributed by atoms with Gasteiger partial charge >= 0.3 is 0 Å². The van der Waals surface area contributed by atoms with Crippen LogP contribution >= 0.6 is 10.7 Å². The number of anilines is 1. The van der Waals surface area contributed by atoms with Crippen LogP contribution in [0.4, 0.5) is 5.69 Å². The highest BCUT2D eigenvalue weighted by atomic mass is 35.7. The minimum Gasteiger partial charge on any atom is -0.326 e. The smallest absolute Gasteiger partial charge is 0.261 e. The largest absolute Gasteiger partial charge is 0.326 e. The minimum atomic E-state index is -3.73. The van der Waals surface area contributed by atoms with Crippen molar-refractivity contribution in [3.05, 3.63) is 24.3 Å². The van der Waals surface area contributed by atoms with E-state index < -0.39 is 9.05 Å². The molecule has 4 nitrogen and oxygen atoms in total. The van der Waals surface area contributed by atoms with Gasteiger partial charge < -0.3 is 5.32 Å². The highest BCUT2D eigenvalue weighted by Crippen LogP contribution is 2.28. The lowest BCUT2D eigenvalue weighted by Gasteiger charge is -2.26. The summed E-state index contributed by atoms with van der Waals surface area (Å²) in [7, 11) is 1.49. The fourth-order valence-corrected chi connectivity index (χ4v) is 2.27. The lowest BCUT2D eigenvalue weighted by atomic mass is 9.80. The molecule has 20 heavy (non-hydrogen) atoms. The Morgan fingerprint density at radius 2 is 1.75 bits per heavy atom. The summed E-state index contributed by atoms with van der Waals surface area (Å²) in [6, 6.07) is 5.78. The number of halogens is 1. The van der Waals surface area contributed by atoms with Gasteiger partial charge in [0, 0.05) is 22.8 Å². The zero-order chi connectivity index (χ0) is 15.6. The van der Waals surface area contributed by atoms with Crippen LogP contribution in [0.3, 0.4) is 0 Å². The van der Waals surface area contributed by atoms with Gasteiger partial charge in [-0.05, 0) is 35.6 Å². The Bertz CT molecular complexity index is 573. The molecule has 1 atom stereocenters. The molecule has 6 heteroatoms. The summed E-state index contributed by atoms with van der Waals surface area (Å²) >= 11 is 0. The first-order chi connectivity index (χ1) is 9.00. The number of carbonyl (C=O) groups is 1. The Labute approximate surface area is 124 Å². The van der Waals surface area contributed by atoms with Crippen LogP contribution in [0.2, 0.25) is 0 Å². The Balaban J connectivity index is 2.68. The summed E-state index contributed by atoms with van der Waals surface area (Å²) in [6.07, 6.45) is 0.416. The molecule has 0 saturated heterocycles. The first kappa shape index (κ1) is 17.0. The third-order valence-electron chi connectivity index (χ3n) is 3.39. The Kier molecular flexibility index (Phi) is 5.21. The molecular formula is C14H20ClNO3S. The van der Waals surface area contributed by atoms with Gasteiger partial charge in [-0.15, -0.1) is 0 Å². The van der Waals surface area contributed by atoms with E-state index in [1.54, 1.807) is 0 Å². The SMILES string of the molecule is CC(CC(=O)Nc1ccc(S(=O)(=O)Cl)cc1)C(C)(C)C. The van der Waals surface area contributed by atoms with E-state index in [0.29, 0.717) is 12.1 Å². The van der Waals surface area contributed by atoms with Crippen molar-refractivity contribution in [2.45, 2.75) is 39.0 Å². The highest BCUT2D eigenvalue weighted by Gasteiger charge is 2.22. The molecule has 1 rings (SSSR count). The average molecular weight is 318 g/mol. The summed E-state index contributed by atoms with van der Waals surface area (Å²) in [5.41, 5.74) is 0.619. The van der Waals surface area contributed by atoms with Gasteiger partial charge in [0.25, 0.3) is 9.05 Å². The van der Waals surface area contributed by atoms with Crippen LogP contribution in [0.25, 0.3) is 0 Å². The van der Waals surface area contributed by atoms with E-state index in [-0.39, 0.29) is 22.1 Å². The predicted molar refractivity (Wildman–Crippen MR) is 81.3 cm³/mol. The first-order valence-corrected chi connectivity index (χ1v) is 8.65. The zero-order valence-corrected chi connectivity index (χ0v) is 13.7. The van der Waals surface area contributed by atoms with E-state index in [4.69, 9.17) is 10.7 Å². The van der Waals surface area contributed by atoms with E-state index in [9.17, 15) is 13.2 Å². The molecule has 0 bridgehead atoms. The normalized spacial score (nSPS) is 13.8. The van der Waals surface area contributed by atoms with E-state index in [2.05, 4.69) is 26.1 Å². The molecule has 0 aliphatic rings. The Morgan fingerprint density at radius 3 is 2.15 bits per heavy atom. The quantitative estimate of drug-likeness (QED) is 0.863. The van der Waals surface area contributed by atoms with Crippen molar-refractivity contribution in [3.63, 3.8) is 0 Å². The fraction of sp³-hybridized carbons (Fsp3) is 0.500. The second-order valence-electron chi connectivity index (χ2n) is 5.98. The van der Waals surface area contributed by atoms with Crippen molar-refractivity contribution in [1.82, 2.24) is 0 Å². The zero-order valence-electron chi connectivity index (χ0n) is 12.1. The maximum Gasteiger partial charge on any atom is 0.261 e. The number of amides is 1. The van der Waals surface area contributed by atoms with Crippen LogP contribution < -0.4 is 5.32 Å². The standard InChI is InChI=1S/C14H20ClNO3S/c1-10(14(2,3)4)9-13(17)16-11-5-7-12(8-6-11)20(15,18)19/h5-8,10H,9H2,1-4H3,(H,16,17). The number of hydrogen-bond acceptors (Lipinski definition) is 3. The van der Waals surface area contributed by atoms with Gasteiger partial charge in [0.1, 0.15) is 0 Å². The third-order valence-corrected chi connectivity index (χ3v) is 4.76. The van der Waals surface area contributed by atoms with Crippen LogP contribution in [0, 0.1) is 11.3 Å². The molecule has 112 valence electrons. The van der Waals surface area contributed by atoms with Crippen molar-refractivity contribution in [2.24, 2.45) is 11.3 Å². The van der Waals surface area contributed by atoms with Crippen LogP contribution in [0.5, 0.6) is 0 Å². The molecule has 0 aliphatic carbocycles. The topological polar surface area (TPSA) is 63.2 Å². The van der Waals surface area contributed by atoms with Crippen LogP contribution in [-0.4, -0.2) is 14.3 Å². The monoisotopic (exact) mass is 317 g/mol. The maximum absolute atomic E-state index is 11.9. The number of nitrogens with one attached hydrogen (secondary N) is 1. The van der Waals surface area contributed by atoms with Gasteiger partial charge in [-0.2, -0.15) is 0 Å². The van der Waals surface area contributed by atoms with Crippen molar-refractivity contribution in [3.8, 4) is 0 Å². The molecule has 1 aromatic carbocycles. The summed E-state index contributed by atoms with van der Waals surface area (Å²) in [6.45, 7) is 8.30. The van der Waals surface area contributed by atoms with E-state index in [1.165, 1.54) is 24.3 Å². The number of hydrogen-bond donors (Lipinski definition) is 1. The van der Waals surface area contributed by atoms with Gasteiger partial charge in [0.15, 0.2) is 0 Å². The third kappa shape index (κ3) is 5.13. The molecule has 0 radical (unpaired) electrons. The second kappa shape index (κ2) is 6.14. The lowest BCUT2D eigenvalue weighted by Crippen LogP contribution is -2.23. The summed E-state index contributed by atoms with van der Waals surface area (Å²) < 4.78 is 22.2. The highest BCUT2D eigenvalue weighted by molar-refractivity contribution is 8.13. The van der Waals surface area contributed by atoms with Gasteiger partial charge in [-0.25, -0.2) is 8.42 Å². The number of rotatable bonds is 4. The summed E-state index contributed by atoms with van der Waals surface area (Å²) in [4.78, 5) is 11.9. The molecule has 0 spiro atoms. The maximum atomic E-state index is 11.9. The average Bonchev–Trinajstić information content (AvgIpc) is 2.26. The van der Waals surface area contributed by atoms with Crippen molar-refractivity contribution < 1.29 is 13.2 Å². The van der Waals surface area contributed by atoms with Crippen LogP contribution in [0.15, 0.2) is 29.2 Å². The van der Waals surface area contributed by atoms with E-state index in [0.717, 1.165) is 0 Å². The Hall–Kier alpha value is -1.07. The summed E-state index contributed by atoms with van der Waals surface area (Å²) in [5.74, 6) is 0.152. The van der Waals surface area contributed by atoms with Crippen LogP contribution in [-0.2, 0) is 13.8 Å². The minimum absolute atomic E-state index is 0.0141. The van der Waals surface area contributed by atoms with Crippen molar-refractivity contribution in [1.29, 1.82) is 0 Å². The molecule has 0 saturated carbocycles. The number of benzene rings is 1. The van der Waals surface area contributed by atoms with Crippen molar-refractivity contribution >= 4 is 31.3 Å². The molecule has 1 aromatic rings. The van der Waals surface area contributed by atoms with Crippen molar-refractivity contribution in [2.75, 3.05) is 5.32 Å². The molecule has 0 heterocycles. The summed E-state index contributed by atoms with van der Waals surface area (Å²) in [5, 5.41) is 2.75. The van der Waals surface area contributed by atoms with E-state index in [1.807, 2.05) is 6.92 Å². The molecule has 0 aliphatic heterocycles. The molecule has 0 fully saturated rings. The van der Waals surface area contributed by atoms with Gasteiger partial charge in [0.05, 0.1) is 4.90 Å². The van der Waals surface area contributed by atoms with Gasteiger partial charge in [-0.1, -0.05) is 27.7 Å². The molecule has 1 amide bonds. The van der Waals surface area contributed by atoms with Gasteiger partial charge in [0.2, 0.25) is 5.91 Å². The molecule has 0 aromatic heterocycles. The second-order valence-corrected chi connectivity index (χ2v) is 8.55. The van der Waals surface area contributed by atoms with E-state index >= 15 is 0 Å². The van der Waals surface area contributed by atoms with Crippen LogP contribution in [0.1, 0.15) is 34.1 Å². The Morgan fingerprint density at radius 1 is 1.25 bits per heavy atom. The molecular weight excluding hydrogens is 298 g/mol. The molecule has 1 unspecified atom stereocenters. The number of carbonyl (C=O) groups excluding carboxylic acids is 1. The lowest BCUT2D eigenvalue weighted by molar-refractivity contribution is -0.117. The first-order valence-electron chi connectivity index (χ1n) is 6.35. The predicted octanol–water partition coefficient (Wildman–Crippen LogP) is 3.62.